The average Bonchev–Trinajstić information content (AvgIpc) is 3.09. The van der Waals surface area contributed by atoms with Gasteiger partial charge in [-0.25, -0.2) is 4.79 Å². The number of carbonyl (C=O) groups excluding carboxylic acids is 5. The van der Waals surface area contributed by atoms with Crippen LogP contribution in [0.15, 0.2) is 36.4 Å². The fraction of sp³-hybridized carbons (Fsp3) is 0.611. The number of benzene rings is 1. The number of unbranched alkanes of at least 4 members (excludes halogenated alkanes) is 3. The summed E-state index contributed by atoms with van der Waals surface area (Å²) in [5, 5.41) is 32.9. The summed E-state index contributed by atoms with van der Waals surface area (Å²) in [6.07, 6.45) is 6.90. The SMILES string of the molecule is CC(C)C[C@H](NC(=O)[C@H](Cc1ccc(O)cc1)NC(=O)[C@@H]1C/C=C/C[C@H](N)C(=O)N[C@@H](CCCCN)C(=O)N[C@@H](CCCCCN)C(=O)N1)C(=O)O. The molecule has 0 spiro atoms. The quantitative estimate of drug-likeness (QED) is 0.0698. The highest BCUT2D eigenvalue weighted by atomic mass is 16.4. The number of aromatic hydroxyl groups is 1. The van der Waals surface area contributed by atoms with Crippen molar-refractivity contribution in [1.82, 2.24) is 26.6 Å². The lowest BCUT2D eigenvalue weighted by Gasteiger charge is -2.27. The Morgan fingerprint density at radius 1 is 0.788 bits per heavy atom. The standard InChI is InChI=1S/C36H58N8O8/c1-22(2)20-30(36(51)52)44-35(50)29(21-23-14-16-24(45)17-15-23)43-34(49)28-12-6-5-10-25(39)31(46)40-26(13-7-9-19-38)32(47)41-27(33(48)42-28)11-4-3-8-18-37/h5-6,14-17,22,25-30,45H,3-4,7-13,18-21,37-39H2,1-2H3,(H,40,46)(H,41,47)(H,42,48)(H,43,49)(H,44,50)(H,51,52)/b6-5+/t25-,26-,27-,28-,29-,30-/m0/s1. The highest BCUT2D eigenvalue weighted by Gasteiger charge is 2.33. The maximum Gasteiger partial charge on any atom is 0.326 e. The molecule has 16 heteroatoms. The molecular weight excluding hydrogens is 672 g/mol. The second kappa shape index (κ2) is 23.1. The van der Waals surface area contributed by atoms with Crippen molar-refractivity contribution < 1.29 is 39.0 Å². The zero-order valence-corrected chi connectivity index (χ0v) is 30.3. The number of phenolic OH excluding ortho intramolecular Hbond substituents is 1. The molecule has 0 unspecified atom stereocenters. The molecule has 16 nitrogen and oxygen atoms in total. The number of hydrogen-bond donors (Lipinski definition) is 10. The van der Waals surface area contributed by atoms with E-state index in [-0.39, 0.29) is 50.2 Å². The average molecular weight is 731 g/mol. The monoisotopic (exact) mass is 730 g/mol. The highest BCUT2D eigenvalue weighted by Crippen LogP contribution is 2.14. The fourth-order valence-electron chi connectivity index (χ4n) is 5.65. The first kappa shape index (κ1) is 43.6. The summed E-state index contributed by atoms with van der Waals surface area (Å²) in [6, 6.07) is -0.781. The molecule has 290 valence electrons. The highest BCUT2D eigenvalue weighted by molar-refractivity contribution is 5.96. The van der Waals surface area contributed by atoms with Gasteiger partial charge in [0.1, 0.15) is 36.0 Å². The zero-order chi connectivity index (χ0) is 38.6. The van der Waals surface area contributed by atoms with Gasteiger partial charge in [-0.2, -0.15) is 0 Å². The number of carboxylic acid groups (broad SMARTS) is 1. The van der Waals surface area contributed by atoms with Gasteiger partial charge in [0.2, 0.25) is 29.5 Å². The second-order valence-electron chi connectivity index (χ2n) is 13.6. The lowest BCUT2D eigenvalue weighted by Crippen LogP contribution is -2.59. The molecular formula is C36H58N8O8. The smallest absolute Gasteiger partial charge is 0.326 e. The number of carboxylic acids is 1. The maximum atomic E-state index is 13.9. The maximum absolute atomic E-state index is 13.9. The minimum absolute atomic E-state index is 0.00496. The third-order valence-electron chi connectivity index (χ3n) is 8.64. The summed E-state index contributed by atoms with van der Waals surface area (Å²) >= 11 is 0. The van der Waals surface area contributed by atoms with Gasteiger partial charge in [-0.3, -0.25) is 24.0 Å². The van der Waals surface area contributed by atoms with Gasteiger partial charge in [0.25, 0.3) is 0 Å². The number of carbonyl (C=O) groups is 6. The summed E-state index contributed by atoms with van der Waals surface area (Å²) in [5.41, 5.74) is 18.0. The molecule has 0 aliphatic carbocycles. The first-order chi connectivity index (χ1) is 24.7. The van der Waals surface area contributed by atoms with E-state index in [9.17, 15) is 39.0 Å². The minimum atomic E-state index is -1.27. The Morgan fingerprint density at radius 3 is 1.94 bits per heavy atom. The van der Waals surface area contributed by atoms with Crippen molar-refractivity contribution in [3.8, 4) is 5.75 Å². The number of nitrogens with two attached hydrogens (primary N) is 3. The third-order valence-corrected chi connectivity index (χ3v) is 8.64. The van der Waals surface area contributed by atoms with Crippen molar-refractivity contribution >= 4 is 35.5 Å². The molecule has 0 fully saturated rings. The van der Waals surface area contributed by atoms with Crippen molar-refractivity contribution in [3.05, 3.63) is 42.0 Å². The Morgan fingerprint density at radius 2 is 1.35 bits per heavy atom. The minimum Gasteiger partial charge on any atom is -0.508 e. The van der Waals surface area contributed by atoms with E-state index in [1.165, 1.54) is 12.1 Å². The molecule has 1 aliphatic heterocycles. The van der Waals surface area contributed by atoms with Crippen LogP contribution in [0.4, 0.5) is 0 Å². The van der Waals surface area contributed by atoms with Crippen molar-refractivity contribution in [2.75, 3.05) is 13.1 Å². The molecule has 0 saturated carbocycles. The van der Waals surface area contributed by atoms with Gasteiger partial charge in [-0.1, -0.05) is 51.0 Å². The van der Waals surface area contributed by atoms with Crippen LogP contribution in [0, 0.1) is 5.92 Å². The van der Waals surface area contributed by atoms with Gasteiger partial charge < -0.3 is 54.0 Å². The van der Waals surface area contributed by atoms with Crippen LogP contribution < -0.4 is 43.8 Å². The Hall–Kier alpha value is -4.54. The lowest BCUT2D eigenvalue weighted by atomic mass is 10.0. The number of rotatable bonds is 18. The molecule has 2 rings (SSSR count). The zero-order valence-electron chi connectivity index (χ0n) is 30.3. The van der Waals surface area contributed by atoms with Gasteiger partial charge in [-0.05, 0) is 88.1 Å². The van der Waals surface area contributed by atoms with Crippen LogP contribution in [0.25, 0.3) is 0 Å². The van der Waals surface area contributed by atoms with Crippen molar-refractivity contribution in [3.63, 3.8) is 0 Å². The molecule has 0 aromatic heterocycles. The van der Waals surface area contributed by atoms with Crippen molar-refractivity contribution in [2.24, 2.45) is 23.1 Å². The summed E-state index contributed by atoms with van der Waals surface area (Å²) in [7, 11) is 0. The van der Waals surface area contributed by atoms with Crippen LogP contribution in [0.1, 0.15) is 83.6 Å². The molecule has 52 heavy (non-hydrogen) atoms. The Bertz CT molecular complexity index is 1360. The second-order valence-corrected chi connectivity index (χ2v) is 13.6. The van der Waals surface area contributed by atoms with E-state index in [1.54, 1.807) is 24.3 Å². The molecule has 1 aliphatic rings. The van der Waals surface area contributed by atoms with E-state index < -0.39 is 71.8 Å². The van der Waals surface area contributed by atoms with E-state index >= 15 is 0 Å². The molecule has 5 amide bonds. The first-order valence-corrected chi connectivity index (χ1v) is 18.1. The molecule has 6 atom stereocenters. The topological polar surface area (TPSA) is 281 Å². The van der Waals surface area contributed by atoms with Gasteiger partial charge in [-0.15, -0.1) is 0 Å². The van der Waals surface area contributed by atoms with Crippen molar-refractivity contribution in [2.45, 2.75) is 121 Å². The van der Waals surface area contributed by atoms with Crippen LogP contribution in [0.5, 0.6) is 5.75 Å². The summed E-state index contributed by atoms with van der Waals surface area (Å²) < 4.78 is 0. The molecule has 0 radical (unpaired) electrons. The molecule has 1 aromatic rings. The molecule has 13 N–H and O–H groups in total. The predicted molar refractivity (Wildman–Crippen MR) is 195 cm³/mol. The van der Waals surface area contributed by atoms with Gasteiger partial charge >= 0.3 is 5.97 Å². The number of amides is 5. The largest absolute Gasteiger partial charge is 0.508 e. The molecule has 1 heterocycles. The van der Waals surface area contributed by atoms with Crippen LogP contribution in [-0.4, -0.2) is 95.1 Å². The number of phenols is 1. The first-order valence-electron chi connectivity index (χ1n) is 18.1. The Labute approximate surface area is 305 Å². The van der Waals surface area contributed by atoms with E-state index in [0.29, 0.717) is 50.8 Å². The van der Waals surface area contributed by atoms with Crippen LogP contribution in [-0.2, 0) is 35.2 Å². The predicted octanol–water partition coefficient (Wildman–Crippen LogP) is -0.185. The fourth-order valence-corrected chi connectivity index (χ4v) is 5.65. The molecule has 0 bridgehead atoms. The van der Waals surface area contributed by atoms with E-state index in [2.05, 4.69) is 26.6 Å². The van der Waals surface area contributed by atoms with Gasteiger partial charge in [0, 0.05) is 6.42 Å². The molecule has 0 saturated heterocycles. The van der Waals surface area contributed by atoms with Crippen LogP contribution in [0.3, 0.4) is 0 Å². The van der Waals surface area contributed by atoms with E-state index in [0.717, 1.165) is 0 Å². The van der Waals surface area contributed by atoms with Gasteiger partial charge in [0.15, 0.2) is 0 Å². The lowest BCUT2D eigenvalue weighted by molar-refractivity contribution is -0.142. The number of aliphatic carboxylic acids is 1. The van der Waals surface area contributed by atoms with E-state index in [1.807, 2.05) is 13.8 Å². The van der Waals surface area contributed by atoms with Crippen LogP contribution >= 0.6 is 0 Å². The van der Waals surface area contributed by atoms with Gasteiger partial charge in [0.05, 0.1) is 6.04 Å². The summed E-state index contributed by atoms with van der Waals surface area (Å²) in [5.74, 6) is -4.55. The normalized spacial score (nSPS) is 21.8. The summed E-state index contributed by atoms with van der Waals surface area (Å²) in [6.45, 7) is 4.49. The number of nitrogens with one attached hydrogen (secondary N) is 5. The summed E-state index contributed by atoms with van der Waals surface area (Å²) in [4.78, 5) is 79.7. The Balaban J connectivity index is 2.44. The third kappa shape index (κ3) is 15.8. The van der Waals surface area contributed by atoms with Crippen LogP contribution in [0.2, 0.25) is 0 Å². The molecule has 1 aromatic carbocycles. The number of hydrogen-bond acceptors (Lipinski definition) is 10. The van der Waals surface area contributed by atoms with E-state index in [4.69, 9.17) is 17.2 Å². The van der Waals surface area contributed by atoms with Crippen molar-refractivity contribution in [1.29, 1.82) is 0 Å². The Kier molecular flexibility index (Phi) is 19.4.